The molecule has 2 heterocycles. The topological polar surface area (TPSA) is 77.9 Å². The first-order chi connectivity index (χ1) is 8.59. The Morgan fingerprint density at radius 1 is 1.39 bits per heavy atom. The standard InChI is InChI=1S/C10H14N2O4S2/c13-8(3-11-6-18-5-9(11)14)12-1-2-17-4-7(12)10(15)16/h7H,1-6H2,(H,15,16). The van der Waals surface area contributed by atoms with Crippen molar-refractivity contribution in [3.63, 3.8) is 0 Å². The van der Waals surface area contributed by atoms with E-state index in [1.54, 1.807) is 0 Å². The summed E-state index contributed by atoms with van der Waals surface area (Å²) in [6, 6.07) is -0.762. The number of hydrogen-bond donors (Lipinski definition) is 1. The molecule has 1 atom stereocenters. The number of carbonyl (C=O) groups is 3. The van der Waals surface area contributed by atoms with E-state index in [9.17, 15) is 14.4 Å². The summed E-state index contributed by atoms with van der Waals surface area (Å²) in [5, 5.41) is 9.08. The fourth-order valence-electron chi connectivity index (χ4n) is 1.90. The van der Waals surface area contributed by atoms with E-state index in [1.165, 1.54) is 33.3 Å². The van der Waals surface area contributed by atoms with Gasteiger partial charge in [0.25, 0.3) is 0 Å². The Kier molecular flexibility index (Phi) is 4.39. The Bertz CT molecular complexity index is 377. The van der Waals surface area contributed by atoms with Gasteiger partial charge in [0, 0.05) is 18.1 Å². The van der Waals surface area contributed by atoms with Gasteiger partial charge in [0.1, 0.15) is 12.6 Å². The van der Waals surface area contributed by atoms with Crippen molar-refractivity contribution in [3.8, 4) is 0 Å². The van der Waals surface area contributed by atoms with Crippen LogP contribution in [0.3, 0.4) is 0 Å². The molecule has 2 aliphatic heterocycles. The second kappa shape index (κ2) is 5.83. The molecule has 100 valence electrons. The van der Waals surface area contributed by atoms with Gasteiger partial charge in [-0.15, -0.1) is 11.8 Å². The SMILES string of the molecule is O=C(O)C1CSCCN1C(=O)CN1CSCC1=O. The van der Waals surface area contributed by atoms with Gasteiger partial charge in [-0.1, -0.05) is 0 Å². The molecule has 0 aromatic carbocycles. The van der Waals surface area contributed by atoms with E-state index < -0.39 is 12.0 Å². The Hall–Kier alpha value is -0.890. The van der Waals surface area contributed by atoms with Gasteiger partial charge in [0.15, 0.2) is 0 Å². The van der Waals surface area contributed by atoms with Crippen LogP contribution in [0.2, 0.25) is 0 Å². The summed E-state index contributed by atoms with van der Waals surface area (Å²) >= 11 is 3.01. The van der Waals surface area contributed by atoms with E-state index in [2.05, 4.69) is 0 Å². The summed E-state index contributed by atoms with van der Waals surface area (Å²) in [6.45, 7) is 0.440. The average Bonchev–Trinajstić information content (AvgIpc) is 2.75. The fraction of sp³-hybridized carbons (Fsp3) is 0.700. The van der Waals surface area contributed by atoms with Gasteiger partial charge in [-0.25, -0.2) is 4.79 Å². The van der Waals surface area contributed by atoms with Crippen molar-refractivity contribution >= 4 is 41.3 Å². The molecule has 2 saturated heterocycles. The maximum absolute atomic E-state index is 12.1. The quantitative estimate of drug-likeness (QED) is 0.758. The summed E-state index contributed by atoms with van der Waals surface area (Å²) in [5.41, 5.74) is 0. The van der Waals surface area contributed by atoms with E-state index in [1.807, 2.05) is 0 Å². The van der Waals surface area contributed by atoms with Crippen LogP contribution in [0.4, 0.5) is 0 Å². The molecule has 6 nitrogen and oxygen atoms in total. The van der Waals surface area contributed by atoms with Gasteiger partial charge in [-0.3, -0.25) is 9.59 Å². The largest absolute Gasteiger partial charge is 0.480 e. The molecule has 8 heteroatoms. The lowest BCUT2D eigenvalue weighted by Crippen LogP contribution is -2.53. The van der Waals surface area contributed by atoms with Crippen LogP contribution in [0, 0.1) is 0 Å². The zero-order valence-electron chi connectivity index (χ0n) is 9.70. The Morgan fingerprint density at radius 3 is 2.78 bits per heavy atom. The van der Waals surface area contributed by atoms with Crippen molar-refractivity contribution in [3.05, 3.63) is 0 Å². The Morgan fingerprint density at radius 2 is 2.17 bits per heavy atom. The van der Waals surface area contributed by atoms with Crippen molar-refractivity contribution in [1.29, 1.82) is 0 Å². The lowest BCUT2D eigenvalue weighted by molar-refractivity contribution is -0.150. The molecule has 0 aromatic rings. The van der Waals surface area contributed by atoms with Crippen molar-refractivity contribution in [2.24, 2.45) is 0 Å². The van der Waals surface area contributed by atoms with E-state index >= 15 is 0 Å². The minimum absolute atomic E-state index is 0.000278. The number of hydrogen-bond acceptors (Lipinski definition) is 5. The van der Waals surface area contributed by atoms with Crippen LogP contribution in [0.1, 0.15) is 0 Å². The number of carboxylic acid groups (broad SMARTS) is 1. The highest BCUT2D eigenvalue weighted by Crippen LogP contribution is 2.19. The summed E-state index contributed by atoms with van der Waals surface area (Å²) in [4.78, 5) is 37.4. The first-order valence-electron chi connectivity index (χ1n) is 5.55. The van der Waals surface area contributed by atoms with E-state index in [0.717, 1.165) is 5.75 Å². The third-order valence-corrected chi connectivity index (χ3v) is 4.85. The Balaban J connectivity index is 1.97. The molecule has 2 amide bonds. The van der Waals surface area contributed by atoms with Crippen LogP contribution in [-0.4, -0.2) is 75.0 Å². The van der Waals surface area contributed by atoms with Crippen LogP contribution in [-0.2, 0) is 14.4 Å². The predicted molar refractivity (Wildman–Crippen MR) is 69.5 cm³/mol. The highest BCUT2D eigenvalue weighted by atomic mass is 32.2. The number of nitrogens with zero attached hydrogens (tertiary/aromatic N) is 2. The van der Waals surface area contributed by atoms with Gasteiger partial charge < -0.3 is 14.9 Å². The van der Waals surface area contributed by atoms with Crippen LogP contribution in [0.15, 0.2) is 0 Å². The van der Waals surface area contributed by atoms with Gasteiger partial charge in [0.2, 0.25) is 11.8 Å². The summed E-state index contributed by atoms with van der Waals surface area (Å²) in [5.74, 6) is 0.807. The molecule has 18 heavy (non-hydrogen) atoms. The minimum atomic E-state index is -0.974. The molecular formula is C10H14N2O4S2. The average molecular weight is 290 g/mol. The maximum Gasteiger partial charge on any atom is 0.327 e. The zero-order chi connectivity index (χ0) is 13.1. The molecule has 0 aromatic heterocycles. The van der Waals surface area contributed by atoms with Crippen molar-refractivity contribution < 1.29 is 19.5 Å². The smallest absolute Gasteiger partial charge is 0.327 e. The second-order valence-electron chi connectivity index (χ2n) is 4.09. The van der Waals surface area contributed by atoms with Gasteiger partial charge >= 0.3 is 5.97 Å². The molecule has 0 bridgehead atoms. The first-order valence-corrected chi connectivity index (χ1v) is 7.86. The third kappa shape index (κ3) is 2.92. The first kappa shape index (κ1) is 13.5. The van der Waals surface area contributed by atoms with Crippen LogP contribution in [0.5, 0.6) is 0 Å². The minimum Gasteiger partial charge on any atom is -0.480 e. The summed E-state index contributed by atoms with van der Waals surface area (Å²) in [6.07, 6.45) is 0. The van der Waals surface area contributed by atoms with Gasteiger partial charge in [-0.05, 0) is 0 Å². The number of amides is 2. The van der Waals surface area contributed by atoms with Gasteiger partial charge in [-0.2, -0.15) is 11.8 Å². The molecule has 1 unspecified atom stereocenters. The predicted octanol–water partition coefficient (Wildman–Crippen LogP) is -0.452. The van der Waals surface area contributed by atoms with Crippen LogP contribution >= 0.6 is 23.5 Å². The van der Waals surface area contributed by atoms with Crippen LogP contribution < -0.4 is 0 Å². The highest BCUT2D eigenvalue weighted by Gasteiger charge is 2.34. The monoisotopic (exact) mass is 290 g/mol. The van der Waals surface area contributed by atoms with E-state index in [4.69, 9.17) is 5.11 Å². The number of aliphatic carboxylic acids is 1. The number of carboxylic acids is 1. The number of carbonyl (C=O) groups excluding carboxylic acids is 2. The van der Waals surface area contributed by atoms with Crippen LogP contribution in [0.25, 0.3) is 0 Å². The van der Waals surface area contributed by atoms with Crippen molar-refractivity contribution in [2.45, 2.75) is 6.04 Å². The number of thioether (sulfide) groups is 2. The lowest BCUT2D eigenvalue weighted by atomic mass is 10.2. The molecule has 0 spiro atoms. The summed E-state index contributed by atoms with van der Waals surface area (Å²) < 4.78 is 0. The molecule has 2 aliphatic rings. The van der Waals surface area contributed by atoms with E-state index in [-0.39, 0.29) is 18.4 Å². The number of rotatable bonds is 3. The third-order valence-electron chi connectivity index (χ3n) is 2.89. The summed E-state index contributed by atoms with van der Waals surface area (Å²) in [7, 11) is 0. The van der Waals surface area contributed by atoms with Crippen molar-refractivity contribution in [2.75, 3.05) is 36.2 Å². The lowest BCUT2D eigenvalue weighted by Gasteiger charge is -2.33. The van der Waals surface area contributed by atoms with Crippen molar-refractivity contribution in [1.82, 2.24) is 9.80 Å². The molecule has 0 aliphatic carbocycles. The molecule has 2 rings (SSSR count). The Labute approximate surface area is 113 Å². The molecular weight excluding hydrogens is 276 g/mol. The fourth-order valence-corrected chi connectivity index (χ4v) is 3.84. The molecule has 0 radical (unpaired) electrons. The normalized spacial score (nSPS) is 24.4. The highest BCUT2D eigenvalue weighted by molar-refractivity contribution is 8.00. The zero-order valence-corrected chi connectivity index (χ0v) is 11.3. The van der Waals surface area contributed by atoms with Gasteiger partial charge in [0.05, 0.1) is 11.6 Å². The molecule has 2 fully saturated rings. The van der Waals surface area contributed by atoms with E-state index in [0.29, 0.717) is 23.9 Å². The second-order valence-corrected chi connectivity index (χ2v) is 6.19. The molecule has 1 N–H and O–H groups in total. The maximum atomic E-state index is 12.1. The molecule has 0 saturated carbocycles.